The van der Waals surface area contributed by atoms with Crippen LogP contribution in [0.15, 0.2) is 51.8 Å². The summed E-state index contributed by atoms with van der Waals surface area (Å²) in [5, 5.41) is 0.475. The largest absolute Gasteiger partial charge is 0.269 e. The van der Waals surface area contributed by atoms with E-state index in [2.05, 4.69) is 15.9 Å². The van der Waals surface area contributed by atoms with Crippen LogP contribution >= 0.6 is 27.5 Å². The molecule has 6 heteroatoms. The Morgan fingerprint density at radius 3 is 2.40 bits per heavy atom. The quantitative estimate of drug-likeness (QED) is 0.806. The van der Waals surface area contributed by atoms with Crippen molar-refractivity contribution >= 4 is 43.2 Å². The molecule has 0 saturated carbocycles. The molecule has 3 nitrogen and oxygen atoms in total. The molecular formula is C14H13BrClNO2S. The highest BCUT2D eigenvalue weighted by Gasteiger charge is 2.22. The number of anilines is 1. The lowest BCUT2D eigenvalue weighted by Crippen LogP contribution is -2.27. The number of hydrogen-bond donors (Lipinski definition) is 0. The van der Waals surface area contributed by atoms with Crippen molar-refractivity contribution in [3.05, 3.63) is 57.5 Å². The fourth-order valence-electron chi connectivity index (χ4n) is 1.84. The van der Waals surface area contributed by atoms with E-state index in [4.69, 9.17) is 11.6 Å². The molecule has 0 heterocycles. The van der Waals surface area contributed by atoms with Crippen LogP contribution in [-0.2, 0) is 10.0 Å². The Bertz CT molecular complexity index is 747. The molecule has 0 spiro atoms. The zero-order valence-electron chi connectivity index (χ0n) is 11.0. The van der Waals surface area contributed by atoms with E-state index in [1.165, 1.54) is 16.4 Å². The van der Waals surface area contributed by atoms with Crippen LogP contribution in [0.3, 0.4) is 0 Å². The summed E-state index contributed by atoms with van der Waals surface area (Å²) in [6.45, 7) is 1.87. The highest BCUT2D eigenvalue weighted by Crippen LogP contribution is 2.29. The molecule has 0 aliphatic carbocycles. The first kappa shape index (κ1) is 15.4. The Balaban J connectivity index is 2.50. The van der Waals surface area contributed by atoms with Gasteiger partial charge >= 0.3 is 0 Å². The molecule has 0 aliphatic rings. The summed E-state index contributed by atoms with van der Waals surface area (Å²) < 4.78 is 27.1. The van der Waals surface area contributed by atoms with Crippen LogP contribution in [0.4, 0.5) is 5.69 Å². The second kappa shape index (κ2) is 5.76. The second-order valence-corrected chi connectivity index (χ2v) is 7.57. The number of benzene rings is 2. The molecule has 2 aromatic rings. The van der Waals surface area contributed by atoms with Gasteiger partial charge in [-0.15, -0.1) is 0 Å². The summed E-state index contributed by atoms with van der Waals surface area (Å²) in [5.41, 5.74) is 1.55. The number of para-hydroxylation sites is 1. The zero-order chi connectivity index (χ0) is 14.9. The predicted octanol–water partition coefficient (Wildman–Crippen LogP) is 4.24. The van der Waals surface area contributed by atoms with Gasteiger partial charge in [-0.05, 0) is 52.7 Å². The zero-order valence-corrected chi connectivity index (χ0v) is 14.1. The molecule has 0 unspecified atom stereocenters. The topological polar surface area (TPSA) is 37.4 Å². The lowest BCUT2D eigenvalue weighted by molar-refractivity contribution is 0.594. The van der Waals surface area contributed by atoms with Gasteiger partial charge in [-0.25, -0.2) is 8.42 Å². The lowest BCUT2D eigenvalue weighted by Gasteiger charge is -2.21. The van der Waals surface area contributed by atoms with Crippen molar-refractivity contribution in [1.29, 1.82) is 0 Å². The molecule has 20 heavy (non-hydrogen) atoms. The van der Waals surface area contributed by atoms with Gasteiger partial charge in [0.15, 0.2) is 0 Å². The van der Waals surface area contributed by atoms with Crippen LogP contribution in [-0.4, -0.2) is 15.5 Å². The first-order valence-electron chi connectivity index (χ1n) is 5.83. The van der Waals surface area contributed by atoms with Gasteiger partial charge in [0.1, 0.15) is 0 Å². The maximum Gasteiger partial charge on any atom is 0.264 e. The maximum absolute atomic E-state index is 12.6. The molecule has 2 aromatic carbocycles. The first-order valence-corrected chi connectivity index (χ1v) is 8.45. The van der Waals surface area contributed by atoms with Gasteiger partial charge in [-0.1, -0.05) is 29.8 Å². The fourth-order valence-corrected chi connectivity index (χ4v) is 3.78. The van der Waals surface area contributed by atoms with Crippen LogP contribution < -0.4 is 4.31 Å². The second-order valence-electron chi connectivity index (χ2n) is 4.33. The van der Waals surface area contributed by atoms with E-state index in [9.17, 15) is 8.42 Å². The van der Waals surface area contributed by atoms with Crippen LogP contribution in [0.2, 0.25) is 5.02 Å². The summed E-state index contributed by atoms with van der Waals surface area (Å²) in [7, 11) is -2.07. The SMILES string of the molecule is Cc1ccccc1N(C)S(=O)(=O)c1ccc(Cl)c(Br)c1. The number of nitrogens with zero attached hydrogens (tertiary/aromatic N) is 1. The Labute approximate surface area is 132 Å². The molecule has 0 amide bonds. The lowest BCUT2D eigenvalue weighted by atomic mass is 10.2. The van der Waals surface area contributed by atoms with Crippen LogP contribution in [0.1, 0.15) is 5.56 Å². The van der Waals surface area contributed by atoms with Gasteiger partial charge in [0, 0.05) is 11.5 Å². The molecule has 0 aliphatic heterocycles. The van der Waals surface area contributed by atoms with Gasteiger partial charge in [0.2, 0.25) is 0 Å². The molecule has 0 radical (unpaired) electrons. The van der Waals surface area contributed by atoms with E-state index < -0.39 is 10.0 Å². The van der Waals surface area contributed by atoms with Gasteiger partial charge in [-0.2, -0.15) is 0 Å². The minimum absolute atomic E-state index is 0.194. The average molecular weight is 375 g/mol. The third-order valence-corrected chi connectivity index (χ3v) is 5.99. The Morgan fingerprint density at radius 1 is 1.15 bits per heavy atom. The number of aryl methyl sites for hydroxylation is 1. The van der Waals surface area contributed by atoms with Crippen molar-refractivity contribution in [3.8, 4) is 0 Å². The van der Waals surface area contributed by atoms with Crippen LogP contribution in [0.25, 0.3) is 0 Å². The monoisotopic (exact) mass is 373 g/mol. The normalized spacial score (nSPS) is 11.4. The predicted molar refractivity (Wildman–Crippen MR) is 85.9 cm³/mol. The molecule has 0 aromatic heterocycles. The molecule has 0 N–H and O–H groups in total. The standard InChI is InChI=1S/C14H13BrClNO2S/c1-10-5-3-4-6-14(10)17(2)20(18,19)11-7-8-13(16)12(15)9-11/h3-9H,1-2H3. The van der Waals surface area contributed by atoms with Crippen molar-refractivity contribution in [2.24, 2.45) is 0 Å². The summed E-state index contributed by atoms with van der Waals surface area (Å²) in [6.07, 6.45) is 0. The van der Waals surface area contributed by atoms with E-state index in [1.807, 2.05) is 25.1 Å². The number of halogens is 2. The van der Waals surface area contributed by atoms with Crippen molar-refractivity contribution in [2.75, 3.05) is 11.4 Å². The summed E-state index contributed by atoms with van der Waals surface area (Å²) in [4.78, 5) is 0.194. The Hall–Kier alpha value is -1.04. The Kier molecular flexibility index (Phi) is 4.42. The highest BCUT2D eigenvalue weighted by molar-refractivity contribution is 9.10. The molecule has 2 rings (SSSR count). The Morgan fingerprint density at radius 2 is 1.80 bits per heavy atom. The molecular weight excluding hydrogens is 362 g/mol. The van der Waals surface area contributed by atoms with Crippen molar-refractivity contribution in [2.45, 2.75) is 11.8 Å². The third kappa shape index (κ3) is 2.85. The third-order valence-electron chi connectivity index (χ3n) is 3.00. The van der Waals surface area contributed by atoms with Crippen molar-refractivity contribution in [1.82, 2.24) is 0 Å². The minimum atomic E-state index is -3.61. The molecule has 0 saturated heterocycles. The van der Waals surface area contributed by atoms with Gasteiger partial charge in [0.25, 0.3) is 10.0 Å². The number of rotatable bonds is 3. The summed E-state index contributed by atoms with van der Waals surface area (Å²) in [6, 6.07) is 11.9. The highest BCUT2D eigenvalue weighted by atomic mass is 79.9. The van der Waals surface area contributed by atoms with E-state index in [-0.39, 0.29) is 4.90 Å². The van der Waals surface area contributed by atoms with Crippen molar-refractivity contribution in [3.63, 3.8) is 0 Å². The number of hydrogen-bond acceptors (Lipinski definition) is 2. The molecule has 0 bridgehead atoms. The van der Waals surface area contributed by atoms with Crippen molar-refractivity contribution < 1.29 is 8.42 Å². The van der Waals surface area contributed by atoms with E-state index in [1.54, 1.807) is 19.2 Å². The van der Waals surface area contributed by atoms with Crippen LogP contribution in [0, 0.1) is 6.92 Å². The first-order chi connectivity index (χ1) is 9.34. The number of sulfonamides is 1. The maximum atomic E-state index is 12.6. The van der Waals surface area contributed by atoms with Gasteiger partial charge in [0.05, 0.1) is 15.6 Å². The van der Waals surface area contributed by atoms with Gasteiger partial charge in [-0.3, -0.25) is 4.31 Å². The van der Waals surface area contributed by atoms with E-state index >= 15 is 0 Å². The van der Waals surface area contributed by atoms with Gasteiger partial charge < -0.3 is 0 Å². The average Bonchev–Trinajstić information content (AvgIpc) is 2.41. The molecule has 106 valence electrons. The summed E-state index contributed by atoms with van der Waals surface area (Å²) in [5.74, 6) is 0. The minimum Gasteiger partial charge on any atom is -0.269 e. The molecule has 0 atom stereocenters. The molecule has 0 fully saturated rings. The van der Waals surface area contributed by atoms with Crippen LogP contribution in [0.5, 0.6) is 0 Å². The fraction of sp³-hybridized carbons (Fsp3) is 0.143. The van der Waals surface area contributed by atoms with E-state index in [0.717, 1.165) is 5.56 Å². The van der Waals surface area contributed by atoms with E-state index in [0.29, 0.717) is 15.2 Å². The smallest absolute Gasteiger partial charge is 0.264 e. The summed E-state index contributed by atoms with van der Waals surface area (Å²) >= 11 is 9.14.